The summed E-state index contributed by atoms with van der Waals surface area (Å²) in [6, 6.07) is 6.01. The lowest BCUT2D eigenvalue weighted by Crippen LogP contribution is -2.38. The highest BCUT2D eigenvalue weighted by Crippen LogP contribution is 2.46. The molecule has 0 saturated heterocycles. The molecule has 35 heavy (non-hydrogen) atoms. The van der Waals surface area contributed by atoms with E-state index in [9.17, 15) is 14.7 Å². The van der Waals surface area contributed by atoms with Crippen molar-refractivity contribution >= 4 is 41.0 Å². The second-order valence-electron chi connectivity index (χ2n) is 9.95. The number of amides is 2. The highest BCUT2D eigenvalue weighted by Gasteiger charge is 2.28. The number of alkyl carbamates (subject to hydrolysis) is 1. The van der Waals surface area contributed by atoms with Gasteiger partial charge >= 0.3 is 12.2 Å². The summed E-state index contributed by atoms with van der Waals surface area (Å²) in [4.78, 5) is 32.2. The number of carboxylic acid groups (broad SMARTS) is 1. The fourth-order valence-corrected chi connectivity index (χ4v) is 6.87. The van der Waals surface area contributed by atoms with Crippen LogP contribution in [-0.4, -0.2) is 45.7 Å². The van der Waals surface area contributed by atoms with E-state index in [4.69, 9.17) is 9.72 Å². The summed E-state index contributed by atoms with van der Waals surface area (Å²) < 4.78 is 5.21. The van der Waals surface area contributed by atoms with Crippen molar-refractivity contribution in [1.29, 1.82) is 0 Å². The standard InChI is InChI=1S/C26H35N3O4S2/c1-15(2)29(26(31)32)19-9-12-21(22(13-19)34-20-10-11-20)23-14-27-24(35-23)17-5-7-18(8-6-17)28-25(30)33-16(3)4/h9,12-18,20H,5-8,10-11H2,1-4H3,(H,28,30)(H,31,32). The fraction of sp³-hybridized carbons (Fsp3) is 0.577. The Hall–Kier alpha value is -2.26. The Balaban J connectivity index is 1.47. The van der Waals surface area contributed by atoms with Gasteiger partial charge in [-0.3, -0.25) is 4.90 Å². The molecule has 2 amide bonds. The zero-order valence-corrected chi connectivity index (χ0v) is 22.5. The number of aromatic nitrogens is 1. The van der Waals surface area contributed by atoms with Crippen LogP contribution in [0.1, 0.15) is 77.1 Å². The third-order valence-electron chi connectivity index (χ3n) is 6.31. The van der Waals surface area contributed by atoms with Crippen molar-refractivity contribution in [2.75, 3.05) is 4.90 Å². The summed E-state index contributed by atoms with van der Waals surface area (Å²) in [6.45, 7) is 7.49. The maximum absolute atomic E-state index is 11.9. The number of benzene rings is 1. The van der Waals surface area contributed by atoms with Gasteiger partial charge in [0, 0.05) is 45.6 Å². The Morgan fingerprint density at radius 1 is 1.14 bits per heavy atom. The van der Waals surface area contributed by atoms with Crippen LogP contribution in [0, 0.1) is 0 Å². The van der Waals surface area contributed by atoms with Gasteiger partial charge in [-0.15, -0.1) is 23.1 Å². The third kappa shape index (κ3) is 6.70. The molecule has 0 unspecified atom stereocenters. The van der Waals surface area contributed by atoms with Gasteiger partial charge in [-0.1, -0.05) is 6.07 Å². The molecule has 190 valence electrons. The molecule has 0 aliphatic heterocycles. The smallest absolute Gasteiger partial charge is 0.412 e. The average molecular weight is 518 g/mol. The van der Waals surface area contributed by atoms with Crippen molar-refractivity contribution in [2.24, 2.45) is 0 Å². The van der Waals surface area contributed by atoms with Crippen LogP contribution in [0.3, 0.4) is 0 Å². The van der Waals surface area contributed by atoms with Crippen molar-refractivity contribution in [3.05, 3.63) is 29.4 Å². The van der Waals surface area contributed by atoms with Crippen LogP contribution in [0.4, 0.5) is 15.3 Å². The molecule has 0 bridgehead atoms. The number of nitrogens with zero attached hydrogens (tertiary/aromatic N) is 2. The first kappa shape index (κ1) is 25.8. The zero-order valence-electron chi connectivity index (χ0n) is 20.8. The second kappa shape index (κ2) is 11.2. The summed E-state index contributed by atoms with van der Waals surface area (Å²) in [5, 5.41) is 14.4. The van der Waals surface area contributed by atoms with Gasteiger partial charge in [0.2, 0.25) is 0 Å². The molecule has 2 aliphatic carbocycles. The molecule has 0 spiro atoms. The van der Waals surface area contributed by atoms with Crippen molar-refractivity contribution in [1.82, 2.24) is 10.3 Å². The van der Waals surface area contributed by atoms with Crippen LogP contribution >= 0.6 is 23.1 Å². The van der Waals surface area contributed by atoms with Crippen LogP contribution in [0.25, 0.3) is 10.4 Å². The van der Waals surface area contributed by atoms with Gasteiger partial charge in [-0.25, -0.2) is 14.6 Å². The van der Waals surface area contributed by atoms with Crippen LogP contribution in [0.5, 0.6) is 0 Å². The minimum absolute atomic E-state index is 0.116. The summed E-state index contributed by atoms with van der Waals surface area (Å²) in [6.07, 6.45) is 6.82. The van der Waals surface area contributed by atoms with Gasteiger partial charge in [0.15, 0.2) is 0 Å². The Kier molecular flexibility index (Phi) is 8.27. The molecule has 1 aromatic carbocycles. The predicted octanol–water partition coefficient (Wildman–Crippen LogP) is 7.12. The van der Waals surface area contributed by atoms with Gasteiger partial charge < -0.3 is 15.2 Å². The molecule has 2 saturated carbocycles. The number of hydrogen-bond acceptors (Lipinski definition) is 6. The molecule has 1 aromatic heterocycles. The molecule has 7 nitrogen and oxygen atoms in total. The van der Waals surface area contributed by atoms with E-state index < -0.39 is 6.09 Å². The Labute approximate surface area is 215 Å². The van der Waals surface area contributed by atoms with Crippen LogP contribution in [0.2, 0.25) is 0 Å². The van der Waals surface area contributed by atoms with Gasteiger partial charge in [-0.05, 0) is 78.4 Å². The number of anilines is 1. The topological polar surface area (TPSA) is 91.8 Å². The van der Waals surface area contributed by atoms with Gasteiger partial charge in [0.1, 0.15) is 0 Å². The van der Waals surface area contributed by atoms with Crippen LogP contribution in [-0.2, 0) is 4.74 Å². The molecule has 1 heterocycles. The minimum atomic E-state index is -0.933. The van der Waals surface area contributed by atoms with Gasteiger partial charge in [0.25, 0.3) is 0 Å². The largest absolute Gasteiger partial charge is 0.465 e. The van der Waals surface area contributed by atoms with Gasteiger partial charge in [0.05, 0.1) is 16.0 Å². The van der Waals surface area contributed by atoms with Crippen molar-refractivity contribution in [2.45, 2.75) is 100 Å². The minimum Gasteiger partial charge on any atom is -0.465 e. The van der Waals surface area contributed by atoms with E-state index in [0.717, 1.165) is 46.0 Å². The summed E-state index contributed by atoms with van der Waals surface area (Å²) >= 11 is 3.59. The van der Waals surface area contributed by atoms with E-state index in [1.54, 1.807) is 11.3 Å². The van der Waals surface area contributed by atoms with E-state index in [1.807, 2.05) is 57.8 Å². The molecular weight excluding hydrogens is 482 g/mol. The molecule has 4 rings (SSSR count). The summed E-state index contributed by atoms with van der Waals surface area (Å²) in [7, 11) is 0. The maximum Gasteiger partial charge on any atom is 0.412 e. The van der Waals surface area contributed by atoms with Crippen molar-refractivity contribution in [3.8, 4) is 10.4 Å². The van der Waals surface area contributed by atoms with E-state index in [2.05, 4.69) is 11.4 Å². The Bertz CT molecular complexity index is 1040. The highest BCUT2D eigenvalue weighted by molar-refractivity contribution is 8.00. The Morgan fingerprint density at radius 2 is 1.86 bits per heavy atom. The molecule has 2 aliphatic rings. The number of carbonyl (C=O) groups excluding carboxylic acids is 1. The maximum atomic E-state index is 11.9. The molecule has 9 heteroatoms. The van der Waals surface area contributed by atoms with Crippen molar-refractivity contribution < 1.29 is 19.4 Å². The predicted molar refractivity (Wildman–Crippen MR) is 142 cm³/mol. The average Bonchev–Trinajstić information content (AvgIpc) is 3.46. The molecule has 2 N–H and O–H groups in total. The lowest BCUT2D eigenvalue weighted by molar-refractivity contribution is 0.109. The molecular formula is C26H35N3O4S2. The normalized spacial score (nSPS) is 20.2. The monoisotopic (exact) mass is 517 g/mol. The quantitative estimate of drug-likeness (QED) is 0.387. The van der Waals surface area contributed by atoms with Gasteiger partial charge in [-0.2, -0.15) is 0 Å². The first-order chi connectivity index (χ1) is 16.7. The van der Waals surface area contributed by atoms with E-state index in [-0.39, 0.29) is 24.3 Å². The SMILES string of the molecule is CC(C)OC(=O)NC1CCC(c2ncc(-c3ccc(N(C(=O)O)C(C)C)cc3SC3CC3)s2)CC1. The van der Waals surface area contributed by atoms with E-state index in [1.165, 1.54) is 17.7 Å². The number of thiazole rings is 1. The summed E-state index contributed by atoms with van der Waals surface area (Å²) in [5.74, 6) is 0.398. The summed E-state index contributed by atoms with van der Waals surface area (Å²) in [5.41, 5.74) is 1.85. The molecule has 0 atom stereocenters. The Morgan fingerprint density at radius 3 is 2.46 bits per heavy atom. The number of rotatable bonds is 8. The molecule has 2 fully saturated rings. The number of carbonyl (C=O) groups is 2. The lowest BCUT2D eigenvalue weighted by atomic mass is 9.86. The number of nitrogens with one attached hydrogen (secondary N) is 1. The number of ether oxygens (including phenoxy) is 1. The zero-order chi connectivity index (χ0) is 25.1. The highest BCUT2D eigenvalue weighted by atomic mass is 32.2. The van der Waals surface area contributed by atoms with Crippen LogP contribution in [0.15, 0.2) is 29.3 Å². The third-order valence-corrected chi connectivity index (χ3v) is 8.90. The van der Waals surface area contributed by atoms with Crippen LogP contribution < -0.4 is 10.2 Å². The van der Waals surface area contributed by atoms with Crippen molar-refractivity contribution in [3.63, 3.8) is 0 Å². The van der Waals surface area contributed by atoms with E-state index in [0.29, 0.717) is 16.9 Å². The first-order valence-electron chi connectivity index (χ1n) is 12.5. The number of hydrogen-bond donors (Lipinski definition) is 2. The molecule has 0 radical (unpaired) electrons. The molecule has 2 aromatic rings. The second-order valence-corrected chi connectivity index (χ2v) is 12.4. The lowest BCUT2D eigenvalue weighted by Gasteiger charge is -2.28. The first-order valence-corrected chi connectivity index (χ1v) is 14.2. The fourth-order valence-electron chi connectivity index (χ4n) is 4.46. The van der Waals surface area contributed by atoms with E-state index >= 15 is 0 Å². The number of thioether (sulfide) groups is 1.